The van der Waals surface area contributed by atoms with Gasteiger partial charge in [0.25, 0.3) is 5.91 Å². The Labute approximate surface area is 107 Å². The zero-order chi connectivity index (χ0) is 13.5. The second-order valence-electron chi connectivity index (χ2n) is 5.07. The molecule has 0 radical (unpaired) electrons. The highest BCUT2D eigenvalue weighted by Gasteiger charge is 2.50. The van der Waals surface area contributed by atoms with Crippen LogP contribution < -0.4 is 4.90 Å². The maximum atomic E-state index is 12.4. The minimum absolute atomic E-state index is 0.167. The first-order chi connectivity index (χ1) is 8.39. The van der Waals surface area contributed by atoms with Gasteiger partial charge in [0.1, 0.15) is 5.54 Å². The van der Waals surface area contributed by atoms with Crippen molar-refractivity contribution in [1.29, 1.82) is 0 Å². The number of nitrogens with zero attached hydrogens (tertiary/aromatic N) is 2. The molecule has 1 fully saturated rings. The van der Waals surface area contributed by atoms with E-state index >= 15 is 0 Å². The predicted molar refractivity (Wildman–Crippen MR) is 70.5 cm³/mol. The molecule has 0 atom stereocenters. The second-order valence-corrected chi connectivity index (χ2v) is 5.07. The number of hydrogen-bond acceptors (Lipinski definition) is 2. The summed E-state index contributed by atoms with van der Waals surface area (Å²) >= 11 is 0. The van der Waals surface area contributed by atoms with E-state index in [0.717, 1.165) is 5.56 Å². The van der Waals surface area contributed by atoms with E-state index < -0.39 is 5.54 Å². The van der Waals surface area contributed by atoms with Gasteiger partial charge in [-0.2, -0.15) is 0 Å². The summed E-state index contributed by atoms with van der Waals surface area (Å²) in [5.41, 5.74) is 0.908. The Morgan fingerprint density at radius 3 is 2.39 bits per heavy atom. The Hall–Kier alpha value is -1.84. The van der Waals surface area contributed by atoms with Gasteiger partial charge in [-0.15, -0.1) is 0 Å². The van der Waals surface area contributed by atoms with E-state index in [1.54, 1.807) is 24.8 Å². The van der Waals surface area contributed by atoms with Crippen LogP contribution in [0.2, 0.25) is 0 Å². The number of urea groups is 1. The van der Waals surface area contributed by atoms with Crippen molar-refractivity contribution in [3.05, 3.63) is 29.8 Å². The van der Waals surface area contributed by atoms with Gasteiger partial charge in [-0.05, 0) is 45.4 Å². The number of benzene rings is 1. The molecule has 1 heterocycles. The zero-order valence-electron chi connectivity index (χ0n) is 11.2. The van der Waals surface area contributed by atoms with E-state index in [0.29, 0.717) is 12.2 Å². The fourth-order valence-electron chi connectivity index (χ4n) is 2.36. The van der Waals surface area contributed by atoms with Crippen LogP contribution in [-0.2, 0) is 4.79 Å². The van der Waals surface area contributed by atoms with Crippen molar-refractivity contribution in [2.45, 2.75) is 33.2 Å². The largest absolute Gasteiger partial charge is 0.332 e. The molecule has 0 aliphatic carbocycles. The molecule has 18 heavy (non-hydrogen) atoms. The highest BCUT2D eigenvalue weighted by molar-refractivity contribution is 6.22. The Morgan fingerprint density at radius 2 is 1.89 bits per heavy atom. The molecule has 0 bridgehead atoms. The number of carbonyl (C=O) groups is 2. The molecular formula is C14H18N2O2. The molecule has 1 aliphatic rings. The third-order valence-corrected chi connectivity index (χ3v) is 3.40. The smallest absolute Gasteiger partial charge is 0.310 e. The number of imide groups is 1. The molecule has 3 amide bonds. The molecule has 0 spiro atoms. The standard InChI is InChI=1S/C14H18N2O2/c1-5-15-13(18)16(12(17)14(15,3)4)11-8-6-7-10(2)9-11/h6-9H,5H2,1-4H3. The first-order valence-corrected chi connectivity index (χ1v) is 6.12. The number of rotatable bonds is 2. The maximum absolute atomic E-state index is 12.4. The summed E-state index contributed by atoms with van der Waals surface area (Å²) in [5.74, 6) is -0.167. The fourth-order valence-corrected chi connectivity index (χ4v) is 2.36. The second kappa shape index (κ2) is 4.12. The molecule has 1 aromatic rings. The lowest BCUT2D eigenvalue weighted by Gasteiger charge is -2.25. The van der Waals surface area contributed by atoms with Crippen LogP contribution in [0.15, 0.2) is 24.3 Å². The Morgan fingerprint density at radius 1 is 1.22 bits per heavy atom. The SMILES string of the molecule is CCN1C(=O)N(c2cccc(C)c2)C(=O)C1(C)C. The summed E-state index contributed by atoms with van der Waals surface area (Å²) in [6.07, 6.45) is 0. The van der Waals surface area contributed by atoms with E-state index in [1.807, 2.05) is 32.0 Å². The van der Waals surface area contributed by atoms with E-state index in [4.69, 9.17) is 0 Å². The molecule has 2 rings (SSSR count). The summed E-state index contributed by atoms with van der Waals surface area (Å²) in [7, 11) is 0. The minimum atomic E-state index is -0.768. The van der Waals surface area contributed by atoms with Crippen molar-refractivity contribution in [1.82, 2.24) is 4.90 Å². The molecule has 4 heteroatoms. The number of hydrogen-bond donors (Lipinski definition) is 0. The fraction of sp³-hybridized carbons (Fsp3) is 0.429. The molecule has 1 saturated heterocycles. The lowest BCUT2D eigenvalue weighted by atomic mass is 10.0. The summed E-state index contributed by atoms with van der Waals surface area (Å²) in [4.78, 5) is 27.6. The molecule has 0 unspecified atom stereocenters. The lowest BCUT2D eigenvalue weighted by molar-refractivity contribution is -0.123. The van der Waals surface area contributed by atoms with Crippen LogP contribution >= 0.6 is 0 Å². The van der Waals surface area contributed by atoms with Crippen molar-refractivity contribution in [3.8, 4) is 0 Å². The first-order valence-electron chi connectivity index (χ1n) is 6.12. The van der Waals surface area contributed by atoms with Crippen LogP contribution in [0.3, 0.4) is 0 Å². The number of carbonyl (C=O) groups excluding carboxylic acids is 2. The molecule has 0 aromatic heterocycles. The van der Waals surface area contributed by atoms with E-state index in [2.05, 4.69) is 0 Å². The normalized spacial score (nSPS) is 18.7. The predicted octanol–water partition coefficient (Wildman–Crippen LogP) is 2.56. The Bertz CT molecular complexity index is 508. The topological polar surface area (TPSA) is 40.6 Å². The van der Waals surface area contributed by atoms with E-state index in [9.17, 15) is 9.59 Å². The number of likely N-dealkylation sites (N-methyl/N-ethyl adjacent to an activating group) is 1. The van der Waals surface area contributed by atoms with Gasteiger partial charge in [0, 0.05) is 6.54 Å². The van der Waals surface area contributed by atoms with Crippen molar-refractivity contribution in [2.24, 2.45) is 0 Å². The van der Waals surface area contributed by atoms with Crippen molar-refractivity contribution in [3.63, 3.8) is 0 Å². The minimum Gasteiger partial charge on any atom is -0.310 e. The average molecular weight is 246 g/mol. The van der Waals surface area contributed by atoms with E-state index in [-0.39, 0.29) is 11.9 Å². The third kappa shape index (κ3) is 1.68. The average Bonchev–Trinajstić information content (AvgIpc) is 2.46. The molecule has 96 valence electrons. The van der Waals surface area contributed by atoms with Crippen molar-refractivity contribution >= 4 is 17.6 Å². The summed E-state index contributed by atoms with van der Waals surface area (Å²) in [6.45, 7) is 7.92. The van der Waals surface area contributed by atoms with Crippen LogP contribution in [0.5, 0.6) is 0 Å². The number of amides is 3. The molecule has 4 nitrogen and oxygen atoms in total. The monoisotopic (exact) mass is 246 g/mol. The van der Waals surface area contributed by atoms with Crippen LogP contribution in [0, 0.1) is 6.92 Å². The molecule has 0 saturated carbocycles. The first kappa shape index (κ1) is 12.6. The molecule has 0 N–H and O–H groups in total. The van der Waals surface area contributed by atoms with Gasteiger partial charge in [0.05, 0.1) is 5.69 Å². The van der Waals surface area contributed by atoms with Gasteiger partial charge in [-0.1, -0.05) is 12.1 Å². The van der Waals surface area contributed by atoms with Gasteiger partial charge in [-0.3, -0.25) is 4.79 Å². The third-order valence-electron chi connectivity index (χ3n) is 3.40. The zero-order valence-corrected chi connectivity index (χ0v) is 11.2. The van der Waals surface area contributed by atoms with Crippen LogP contribution in [0.1, 0.15) is 26.3 Å². The summed E-state index contributed by atoms with van der Waals surface area (Å²) < 4.78 is 0. The summed E-state index contributed by atoms with van der Waals surface area (Å²) in [5, 5.41) is 0. The number of aryl methyl sites for hydroxylation is 1. The molecule has 1 aromatic carbocycles. The highest BCUT2D eigenvalue weighted by atomic mass is 16.2. The quantitative estimate of drug-likeness (QED) is 0.752. The Balaban J connectivity index is 2.47. The highest BCUT2D eigenvalue weighted by Crippen LogP contribution is 2.31. The molecule has 1 aliphatic heterocycles. The van der Waals surface area contributed by atoms with E-state index in [1.165, 1.54) is 4.90 Å². The lowest BCUT2D eigenvalue weighted by Crippen LogP contribution is -2.43. The Kier molecular flexibility index (Phi) is 2.89. The van der Waals surface area contributed by atoms with Gasteiger partial charge < -0.3 is 4.90 Å². The van der Waals surface area contributed by atoms with Crippen LogP contribution in [0.25, 0.3) is 0 Å². The van der Waals surface area contributed by atoms with Gasteiger partial charge in [-0.25, -0.2) is 9.69 Å². The summed E-state index contributed by atoms with van der Waals surface area (Å²) in [6, 6.07) is 7.20. The van der Waals surface area contributed by atoms with Gasteiger partial charge in [0.2, 0.25) is 0 Å². The van der Waals surface area contributed by atoms with Crippen molar-refractivity contribution < 1.29 is 9.59 Å². The number of anilines is 1. The maximum Gasteiger partial charge on any atom is 0.332 e. The van der Waals surface area contributed by atoms with Crippen LogP contribution in [-0.4, -0.2) is 28.9 Å². The van der Waals surface area contributed by atoms with Gasteiger partial charge in [0.15, 0.2) is 0 Å². The van der Waals surface area contributed by atoms with Crippen LogP contribution in [0.4, 0.5) is 10.5 Å². The van der Waals surface area contributed by atoms with Gasteiger partial charge >= 0.3 is 6.03 Å². The van der Waals surface area contributed by atoms with Crippen molar-refractivity contribution in [2.75, 3.05) is 11.4 Å². The molecular weight excluding hydrogens is 228 g/mol.